The number of anilines is 1. The molecule has 0 aliphatic rings. The average Bonchev–Trinajstić information content (AvgIpc) is 2.50. The second-order valence-corrected chi connectivity index (χ2v) is 4.96. The summed E-state index contributed by atoms with van der Waals surface area (Å²) in [4.78, 5) is 14.9. The second kappa shape index (κ2) is 6.99. The SMILES string of the molecule is CCC(CCO)CNc1ccc([N+](=O)[O-])c2cccnc12. The molecule has 1 aromatic heterocycles. The van der Waals surface area contributed by atoms with Gasteiger partial charge in [-0.15, -0.1) is 0 Å². The Morgan fingerprint density at radius 2 is 2.24 bits per heavy atom. The van der Waals surface area contributed by atoms with Gasteiger partial charge < -0.3 is 10.4 Å². The number of aliphatic hydroxyl groups excluding tert-OH is 1. The number of rotatable bonds is 7. The molecule has 0 aliphatic heterocycles. The Bertz CT molecular complexity index is 631. The Morgan fingerprint density at radius 1 is 1.43 bits per heavy atom. The summed E-state index contributed by atoms with van der Waals surface area (Å²) in [5.41, 5.74) is 1.45. The molecule has 2 aromatic rings. The molecular formula is C15H19N3O3. The number of pyridine rings is 1. The number of nitro benzene ring substituents is 1. The van der Waals surface area contributed by atoms with Crippen LogP contribution >= 0.6 is 0 Å². The van der Waals surface area contributed by atoms with Crippen LogP contribution < -0.4 is 5.32 Å². The number of nitro groups is 1. The summed E-state index contributed by atoms with van der Waals surface area (Å²) in [6.07, 6.45) is 3.33. The maximum absolute atomic E-state index is 11.1. The molecule has 6 nitrogen and oxygen atoms in total. The largest absolute Gasteiger partial charge is 0.396 e. The molecule has 0 bridgehead atoms. The van der Waals surface area contributed by atoms with Gasteiger partial charge in [0.05, 0.1) is 16.0 Å². The molecule has 6 heteroatoms. The Morgan fingerprint density at radius 3 is 2.90 bits per heavy atom. The molecule has 1 unspecified atom stereocenters. The molecular weight excluding hydrogens is 270 g/mol. The van der Waals surface area contributed by atoms with Crippen LogP contribution in [-0.4, -0.2) is 28.2 Å². The first-order valence-electron chi connectivity index (χ1n) is 7.04. The zero-order valence-corrected chi connectivity index (χ0v) is 12.0. The van der Waals surface area contributed by atoms with Gasteiger partial charge in [-0.05, 0) is 30.5 Å². The van der Waals surface area contributed by atoms with E-state index in [4.69, 9.17) is 5.11 Å². The van der Waals surface area contributed by atoms with Crippen LogP contribution in [0.2, 0.25) is 0 Å². The number of aromatic nitrogens is 1. The molecule has 0 saturated carbocycles. The van der Waals surface area contributed by atoms with E-state index in [1.807, 2.05) is 0 Å². The molecule has 0 radical (unpaired) electrons. The van der Waals surface area contributed by atoms with E-state index in [2.05, 4.69) is 17.2 Å². The van der Waals surface area contributed by atoms with Gasteiger partial charge in [-0.1, -0.05) is 13.3 Å². The van der Waals surface area contributed by atoms with Gasteiger partial charge in [0.2, 0.25) is 0 Å². The Hall–Kier alpha value is -2.21. The molecule has 1 heterocycles. The molecule has 0 saturated heterocycles. The Kier molecular flexibility index (Phi) is 5.05. The summed E-state index contributed by atoms with van der Waals surface area (Å²) in [7, 11) is 0. The third-order valence-corrected chi connectivity index (χ3v) is 3.64. The van der Waals surface area contributed by atoms with Crippen LogP contribution in [0.4, 0.5) is 11.4 Å². The maximum atomic E-state index is 11.1. The summed E-state index contributed by atoms with van der Waals surface area (Å²) < 4.78 is 0. The van der Waals surface area contributed by atoms with Crippen molar-refractivity contribution in [2.24, 2.45) is 5.92 Å². The number of hydrogen-bond acceptors (Lipinski definition) is 5. The fourth-order valence-electron chi connectivity index (χ4n) is 2.35. The van der Waals surface area contributed by atoms with Crippen LogP contribution in [0, 0.1) is 16.0 Å². The number of hydrogen-bond donors (Lipinski definition) is 2. The van der Waals surface area contributed by atoms with Crippen molar-refractivity contribution in [1.29, 1.82) is 0 Å². The number of nitrogens with one attached hydrogen (secondary N) is 1. The molecule has 112 valence electrons. The standard InChI is InChI=1S/C15H19N3O3/c1-2-11(7-9-19)10-17-13-5-6-14(18(20)21)12-4-3-8-16-15(12)13/h3-6,8,11,17,19H,2,7,9-10H2,1H3. The smallest absolute Gasteiger partial charge is 0.278 e. The van der Waals surface area contributed by atoms with E-state index >= 15 is 0 Å². The topological polar surface area (TPSA) is 88.3 Å². The highest BCUT2D eigenvalue weighted by molar-refractivity contribution is 5.96. The lowest BCUT2D eigenvalue weighted by molar-refractivity contribution is -0.383. The van der Waals surface area contributed by atoms with Crippen LogP contribution in [-0.2, 0) is 0 Å². The first kappa shape index (κ1) is 15.2. The summed E-state index contributed by atoms with van der Waals surface area (Å²) in [5.74, 6) is 0.365. The van der Waals surface area contributed by atoms with Gasteiger partial charge in [0.1, 0.15) is 5.52 Å². The minimum absolute atomic E-state index is 0.0612. The fourth-order valence-corrected chi connectivity index (χ4v) is 2.35. The molecule has 0 spiro atoms. The minimum atomic E-state index is -0.394. The summed E-state index contributed by atoms with van der Waals surface area (Å²) in [6, 6.07) is 6.59. The van der Waals surface area contributed by atoms with Crippen molar-refractivity contribution in [2.75, 3.05) is 18.5 Å². The van der Waals surface area contributed by atoms with Gasteiger partial charge >= 0.3 is 0 Å². The predicted octanol–water partition coefficient (Wildman–Crippen LogP) is 2.96. The van der Waals surface area contributed by atoms with E-state index < -0.39 is 4.92 Å². The van der Waals surface area contributed by atoms with Gasteiger partial charge in [-0.3, -0.25) is 15.1 Å². The third-order valence-electron chi connectivity index (χ3n) is 3.64. The highest BCUT2D eigenvalue weighted by atomic mass is 16.6. The molecule has 1 atom stereocenters. The van der Waals surface area contributed by atoms with Crippen molar-refractivity contribution in [3.63, 3.8) is 0 Å². The number of fused-ring (bicyclic) bond motifs is 1. The lowest BCUT2D eigenvalue weighted by atomic mass is 10.0. The summed E-state index contributed by atoms with van der Waals surface area (Å²) in [5, 5.41) is 23.9. The van der Waals surface area contributed by atoms with E-state index in [-0.39, 0.29) is 12.3 Å². The lowest BCUT2D eigenvalue weighted by Gasteiger charge is -2.16. The summed E-state index contributed by atoms with van der Waals surface area (Å²) in [6.45, 7) is 2.95. The van der Waals surface area contributed by atoms with Gasteiger partial charge in [-0.2, -0.15) is 0 Å². The van der Waals surface area contributed by atoms with Crippen molar-refractivity contribution in [2.45, 2.75) is 19.8 Å². The second-order valence-electron chi connectivity index (χ2n) is 4.96. The van der Waals surface area contributed by atoms with Gasteiger partial charge in [0.25, 0.3) is 5.69 Å². The normalized spacial score (nSPS) is 12.3. The monoisotopic (exact) mass is 289 g/mol. The fraction of sp³-hybridized carbons (Fsp3) is 0.400. The third kappa shape index (κ3) is 3.46. The molecule has 1 aromatic carbocycles. The molecule has 0 amide bonds. The van der Waals surface area contributed by atoms with E-state index in [9.17, 15) is 10.1 Å². The molecule has 2 rings (SSSR count). The van der Waals surface area contributed by atoms with E-state index in [0.29, 0.717) is 23.4 Å². The molecule has 0 aliphatic carbocycles. The highest BCUT2D eigenvalue weighted by Crippen LogP contribution is 2.29. The van der Waals surface area contributed by atoms with Crippen LogP contribution in [0.3, 0.4) is 0 Å². The quantitative estimate of drug-likeness (QED) is 0.604. The molecule has 2 N–H and O–H groups in total. The van der Waals surface area contributed by atoms with Crippen molar-refractivity contribution in [3.05, 3.63) is 40.6 Å². The van der Waals surface area contributed by atoms with E-state index in [0.717, 1.165) is 18.5 Å². The predicted molar refractivity (Wildman–Crippen MR) is 82.4 cm³/mol. The van der Waals surface area contributed by atoms with Gasteiger partial charge in [-0.25, -0.2) is 0 Å². The van der Waals surface area contributed by atoms with Crippen LogP contribution in [0.5, 0.6) is 0 Å². The maximum Gasteiger partial charge on any atom is 0.278 e. The molecule has 21 heavy (non-hydrogen) atoms. The number of nitrogens with zero attached hydrogens (tertiary/aromatic N) is 2. The van der Waals surface area contributed by atoms with E-state index in [1.54, 1.807) is 24.4 Å². The average molecular weight is 289 g/mol. The van der Waals surface area contributed by atoms with Crippen LogP contribution in [0.25, 0.3) is 10.9 Å². The first-order chi connectivity index (χ1) is 10.2. The first-order valence-corrected chi connectivity index (χ1v) is 7.04. The highest BCUT2D eigenvalue weighted by Gasteiger charge is 2.15. The Labute approximate surface area is 123 Å². The van der Waals surface area contributed by atoms with Crippen molar-refractivity contribution < 1.29 is 10.0 Å². The van der Waals surface area contributed by atoms with Gasteiger partial charge in [0.15, 0.2) is 0 Å². The van der Waals surface area contributed by atoms with Gasteiger partial charge in [0, 0.05) is 25.4 Å². The number of benzene rings is 1. The summed E-state index contributed by atoms with van der Waals surface area (Å²) >= 11 is 0. The number of non-ortho nitro benzene ring substituents is 1. The minimum Gasteiger partial charge on any atom is -0.396 e. The zero-order chi connectivity index (χ0) is 15.2. The van der Waals surface area contributed by atoms with Crippen molar-refractivity contribution in [1.82, 2.24) is 4.98 Å². The van der Waals surface area contributed by atoms with Crippen LogP contribution in [0.1, 0.15) is 19.8 Å². The zero-order valence-electron chi connectivity index (χ0n) is 12.0. The Balaban J connectivity index is 2.29. The number of aliphatic hydroxyl groups is 1. The van der Waals surface area contributed by atoms with Crippen LogP contribution in [0.15, 0.2) is 30.5 Å². The van der Waals surface area contributed by atoms with Crippen molar-refractivity contribution >= 4 is 22.3 Å². The van der Waals surface area contributed by atoms with Crippen molar-refractivity contribution in [3.8, 4) is 0 Å². The van der Waals surface area contributed by atoms with E-state index in [1.165, 1.54) is 6.07 Å². The lowest BCUT2D eigenvalue weighted by Crippen LogP contribution is -2.15. The molecule has 0 fully saturated rings.